The molecule has 24 heavy (non-hydrogen) atoms. The summed E-state index contributed by atoms with van der Waals surface area (Å²) >= 11 is 0. The Morgan fingerprint density at radius 2 is 1.88 bits per heavy atom. The lowest BCUT2D eigenvalue weighted by atomic mass is 10.2. The van der Waals surface area contributed by atoms with E-state index in [-0.39, 0.29) is 10.7 Å². The van der Waals surface area contributed by atoms with Crippen molar-refractivity contribution in [1.29, 1.82) is 0 Å². The Kier molecular flexibility index (Phi) is 2.91. The predicted molar refractivity (Wildman–Crippen MR) is 88.6 cm³/mol. The van der Waals surface area contributed by atoms with Crippen LogP contribution in [0.5, 0.6) is 0 Å². The second kappa shape index (κ2) is 4.78. The van der Waals surface area contributed by atoms with Crippen LogP contribution in [-0.2, 0) is 16.9 Å². The maximum absolute atomic E-state index is 12.3. The molecule has 0 amide bonds. The minimum atomic E-state index is -3.57. The fourth-order valence-electron chi connectivity index (χ4n) is 2.75. The van der Waals surface area contributed by atoms with Crippen LogP contribution in [-0.4, -0.2) is 38.8 Å². The van der Waals surface area contributed by atoms with E-state index in [2.05, 4.69) is 15.1 Å². The van der Waals surface area contributed by atoms with E-state index < -0.39 is 15.4 Å². The Balaban J connectivity index is 2.13. The summed E-state index contributed by atoms with van der Waals surface area (Å²) in [5.41, 5.74) is 1.93. The molecule has 0 aliphatic heterocycles. The zero-order valence-corrected chi connectivity index (χ0v) is 13.7. The van der Waals surface area contributed by atoms with E-state index in [0.29, 0.717) is 17.0 Å². The summed E-state index contributed by atoms with van der Waals surface area (Å²) in [6.45, 7) is 0. The van der Waals surface area contributed by atoms with Gasteiger partial charge in [-0.2, -0.15) is 9.61 Å². The minimum absolute atomic E-state index is 0.0353. The lowest BCUT2D eigenvalue weighted by molar-refractivity contribution is 0.586. The summed E-state index contributed by atoms with van der Waals surface area (Å²) in [5.74, 6) is 0. The Morgan fingerprint density at radius 3 is 2.54 bits per heavy atom. The van der Waals surface area contributed by atoms with Crippen LogP contribution < -0.4 is 5.56 Å². The SMILES string of the molecule is Cn1c(S(C)(=O)=O)nc2c(=O)[nH]c3cc(-c4ccccc4)nn3c21. The van der Waals surface area contributed by atoms with Gasteiger partial charge < -0.3 is 9.55 Å². The second-order valence-electron chi connectivity index (χ2n) is 5.54. The van der Waals surface area contributed by atoms with Gasteiger partial charge in [0.15, 0.2) is 11.2 Å². The molecule has 1 aromatic carbocycles. The molecule has 3 heterocycles. The highest BCUT2D eigenvalue weighted by molar-refractivity contribution is 7.90. The number of rotatable bonds is 2. The molecule has 0 aliphatic carbocycles. The highest BCUT2D eigenvalue weighted by Crippen LogP contribution is 2.21. The number of hydrogen-bond donors (Lipinski definition) is 1. The number of H-pyrrole nitrogens is 1. The van der Waals surface area contributed by atoms with Gasteiger partial charge in [-0.1, -0.05) is 30.3 Å². The number of nitrogens with one attached hydrogen (secondary N) is 1. The largest absolute Gasteiger partial charge is 0.305 e. The zero-order valence-electron chi connectivity index (χ0n) is 12.9. The first-order valence-electron chi connectivity index (χ1n) is 7.10. The number of fused-ring (bicyclic) bond motifs is 3. The zero-order chi connectivity index (χ0) is 17.1. The summed E-state index contributed by atoms with van der Waals surface area (Å²) in [5, 5.41) is 4.33. The average Bonchev–Trinajstić information content (AvgIpc) is 3.09. The molecule has 3 aromatic heterocycles. The van der Waals surface area contributed by atoms with E-state index in [1.807, 2.05) is 30.3 Å². The smallest absolute Gasteiger partial charge is 0.279 e. The van der Waals surface area contributed by atoms with Gasteiger partial charge in [0.1, 0.15) is 5.65 Å². The van der Waals surface area contributed by atoms with Crippen molar-refractivity contribution in [3.63, 3.8) is 0 Å². The maximum atomic E-state index is 12.3. The first kappa shape index (κ1) is 14.6. The number of benzene rings is 1. The number of hydrogen-bond acceptors (Lipinski definition) is 5. The third-order valence-electron chi connectivity index (χ3n) is 3.79. The van der Waals surface area contributed by atoms with Crippen LogP contribution in [0.15, 0.2) is 46.3 Å². The highest BCUT2D eigenvalue weighted by Gasteiger charge is 2.22. The number of aromatic amines is 1. The Bertz CT molecular complexity index is 1250. The summed E-state index contributed by atoms with van der Waals surface area (Å²) in [6.07, 6.45) is 1.05. The number of sulfone groups is 1. The van der Waals surface area contributed by atoms with Crippen LogP contribution in [0.2, 0.25) is 0 Å². The summed E-state index contributed by atoms with van der Waals surface area (Å²) < 4.78 is 26.6. The third-order valence-corrected chi connectivity index (χ3v) is 4.82. The van der Waals surface area contributed by atoms with E-state index in [4.69, 9.17) is 0 Å². The average molecular weight is 343 g/mol. The van der Waals surface area contributed by atoms with Gasteiger partial charge in [0.05, 0.1) is 5.69 Å². The molecule has 9 heteroatoms. The van der Waals surface area contributed by atoms with E-state index in [1.54, 1.807) is 13.1 Å². The molecule has 0 atom stereocenters. The second-order valence-corrected chi connectivity index (χ2v) is 7.45. The molecule has 0 unspecified atom stereocenters. The number of aryl methyl sites for hydroxylation is 1. The van der Waals surface area contributed by atoms with Gasteiger partial charge in [-0.15, -0.1) is 0 Å². The van der Waals surface area contributed by atoms with E-state index >= 15 is 0 Å². The fourth-order valence-corrected chi connectivity index (χ4v) is 3.59. The monoisotopic (exact) mass is 343 g/mol. The van der Waals surface area contributed by atoms with Crippen molar-refractivity contribution in [2.24, 2.45) is 7.05 Å². The minimum Gasteiger partial charge on any atom is -0.305 e. The van der Waals surface area contributed by atoms with Crippen LogP contribution in [0.4, 0.5) is 0 Å². The van der Waals surface area contributed by atoms with Crippen molar-refractivity contribution in [3.05, 3.63) is 46.8 Å². The molecule has 0 saturated heterocycles. The molecule has 122 valence electrons. The Morgan fingerprint density at radius 1 is 1.17 bits per heavy atom. The molecule has 0 bridgehead atoms. The van der Waals surface area contributed by atoms with Gasteiger partial charge in [0.25, 0.3) is 5.56 Å². The molecule has 0 spiro atoms. The van der Waals surface area contributed by atoms with Gasteiger partial charge in [0.2, 0.25) is 15.0 Å². The van der Waals surface area contributed by atoms with Gasteiger partial charge >= 0.3 is 0 Å². The van der Waals surface area contributed by atoms with Crippen molar-refractivity contribution in [2.75, 3.05) is 6.26 Å². The molecule has 8 nitrogen and oxygen atoms in total. The van der Waals surface area contributed by atoms with E-state index in [0.717, 1.165) is 11.8 Å². The third kappa shape index (κ3) is 2.05. The Labute approximate surface area is 136 Å². The van der Waals surface area contributed by atoms with Gasteiger partial charge in [-0.25, -0.2) is 13.4 Å². The maximum Gasteiger partial charge on any atom is 0.279 e. The quantitative estimate of drug-likeness (QED) is 0.584. The molecule has 0 radical (unpaired) electrons. The number of nitrogens with zero attached hydrogens (tertiary/aromatic N) is 4. The van der Waals surface area contributed by atoms with Gasteiger partial charge in [-0.3, -0.25) is 4.79 Å². The fraction of sp³-hybridized carbons (Fsp3) is 0.133. The van der Waals surface area contributed by atoms with Crippen LogP contribution in [0, 0.1) is 0 Å². The Hall–Kier alpha value is -2.94. The summed E-state index contributed by atoms with van der Waals surface area (Å²) in [6, 6.07) is 11.2. The predicted octanol–water partition coefficient (Wildman–Crippen LogP) is 0.980. The van der Waals surface area contributed by atoms with Crippen LogP contribution >= 0.6 is 0 Å². The topological polar surface area (TPSA) is 102 Å². The van der Waals surface area contributed by atoms with Crippen molar-refractivity contribution >= 4 is 26.6 Å². The molecule has 1 N–H and O–H groups in total. The van der Waals surface area contributed by atoms with Crippen molar-refractivity contribution in [1.82, 2.24) is 24.1 Å². The van der Waals surface area contributed by atoms with Gasteiger partial charge in [0, 0.05) is 24.9 Å². The number of imidazole rings is 1. The van der Waals surface area contributed by atoms with E-state index in [1.165, 1.54) is 9.08 Å². The normalized spacial score (nSPS) is 12.2. The lowest BCUT2D eigenvalue weighted by Gasteiger charge is -2.01. The first-order valence-corrected chi connectivity index (χ1v) is 8.99. The molecule has 4 aromatic rings. The van der Waals surface area contributed by atoms with Crippen molar-refractivity contribution in [3.8, 4) is 11.3 Å². The highest BCUT2D eigenvalue weighted by atomic mass is 32.2. The standard InChI is InChI=1S/C15H13N5O3S/c1-19-14-12(17-15(19)24(2,22)23)13(21)16-11-8-10(18-20(11)14)9-6-4-3-5-7-9/h3-8H,1-2H3,(H,16,21). The van der Waals surface area contributed by atoms with Crippen molar-refractivity contribution in [2.45, 2.75) is 5.16 Å². The lowest BCUT2D eigenvalue weighted by Crippen LogP contribution is -2.11. The summed E-state index contributed by atoms with van der Waals surface area (Å²) in [4.78, 5) is 18.9. The van der Waals surface area contributed by atoms with E-state index in [9.17, 15) is 13.2 Å². The van der Waals surface area contributed by atoms with Gasteiger partial charge in [-0.05, 0) is 0 Å². The first-order chi connectivity index (χ1) is 11.4. The molecule has 0 fully saturated rings. The summed E-state index contributed by atoms with van der Waals surface area (Å²) in [7, 11) is -2.02. The molecule has 0 saturated carbocycles. The number of aromatic nitrogens is 5. The van der Waals surface area contributed by atoms with Crippen LogP contribution in [0.3, 0.4) is 0 Å². The molecular formula is C15H13N5O3S. The molecule has 4 rings (SSSR count). The van der Waals surface area contributed by atoms with Crippen LogP contribution in [0.25, 0.3) is 28.1 Å². The molecule has 0 aliphatic rings. The molecular weight excluding hydrogens is 330 g/mol. The van der Waals surface area contributed by atoms with Crippen molar-refractivity contribution < 1.29 is 8.42 Å². The van der Waals surface area contributed by atoms with Crippen LogP contribution in [0.1, 0.15) is 0 Å².